The van der Waals surface area contributed by atoms with Gasteiger partial charge in [0.15, 0.2) is 0 Å². The van der Waals surface area contributed by atoms with Gasteiger partial charge in [-0.3, -0.25) is 4.90 Å². The van der Waals surface area contributed by atoms with E-state index in [0.717, 1.165) is 25.3 Å². The van der Waals surface area contributed by atoms with Crippen LogP contribution >= 0.6 is 0 Å². The zero-order valence-electron chi connectivity index (χ0n) is 9.16. The molecular weight excluding hydrogens is 178 g/mol. The molecule has 1 heterocycles. The summed E-state index contributed by atoms with van der Waals surface area (Å²) in [5.41, 5.74) is 0.983. The minimum absolute atomic E-state index is 0.551. The average molecular weight is 197 g/mol. The first-order chi connectivity index (χ1) is 6.68. The lowest BCUT2D eigenvalue weighted by molar-refractivity contribution is 0.306. The van der Waals surface area contributed by atoms with Gasteiger partial charge in [-0.1, -0.05) is 19.0 Å². The minimum Gasteiger partial charge on any atom is -0.364 e. The van der Waals surface area contributed by atoms with Gasteiger partial charge in [0.1, 0.15) is 6.26 Å². The Morgan fingerprint density at radius 3 is 2.93 bits per heavy atom. The third-order valence-corrected chi connectivity index (χ3v) is 1.97. The number of nitrogens with one attached hydrogen (secondary N) is 1. The summed E-state index contributed by atoms with van der Waals surface area (Å²) in [6.45, 7) is 7.17. The van der Waals surface area contributed by atoms with E-state index in [1.807, 2.05) is 6.07 Å². The van der Waals surface area contributed by atoms with Crippen molar-refractivity contribution in [1.29, 1.82) is 0 Å². The van der Waals surface area contributed by atoms with E-state index in [9.17, 15) is 0 Å². The molecule has 4 nitrogen and oxygen atoms in total. The molecule has 0 aromatic carbocycles. The molecule has 0 saturated carbocycles. The Morgan fingerprint density at radius 2 is 2.36 bits per heavy atom. The lowest BCUT2D eigenvalue weighted by Crippen LogP contribution is -2.32. The van der Waals surface area contributed by atoms with Crippen molar-refractivity contribution in [2.24, 2.45) is 0 Å². The van der Waals surface area contributed by atoms with Crippen molar-refractivity contribution in [1.82, 2.24) is 15.4 Å². The van der Waals surface area contributed by atoms with Crippen LogP contribution in [-0.4, -0.2) is 36.2 Å². The zero-order chi connectivity index (χ0) is 10.4. The van der Waals surface area contributed by atoms with E-state index in [1.54, 1.807) is 6.26 Å². The van der Waals surface area contributed by atoms with Crippen LogP contribution in [-0.2, 0) is 6.54 Å². The lowest BCUT2D eigenvalue weighted by atomic mass is 10.3. The normalized spacial score (nSPS) is 11.5. The second-order valence-corrected chi connectivity index (χ2v) is 3.84. The van der Waals surface area contributed by atoms with Gasteiger partial charge >= 0.3 is 0 Å². The summed E-state index contributed by atoms with van der Waals surface area (Å²) in [7, 11) is 2.08. The number of aromatic nitrogens is 1. The van der Waals surface area contributed by atoms with Gasteiger partial charge in [-0.25, -0.2) is 0 Å². The molecule has 1 aromatic rings. The Hall–Kier alpha value is -0.870. The first-order valence-corrected chi connectivity index (χ1v) is 4.99. The van der Waals surface area contributed by atoms with Gasteiger partial charge in [0, 0.05) is 31.7 Å². The molecule has 0 saturated heterocycles. The van der Waals surface area contributed by atoms with E-state index in [0.29, 0.717) is 6.04 Å². The van der Waals surface area contributed by atoms with Crippen molar-refractivity contribution in [2.75, 3.05) is 20.1 Å². The zero-order valence-corrected chi connectivity index (χ0v) is 9.16. The molecule has 4 heteroatoms. The SMILES string of the molecule is CC(C)NCCN(C)Cc1ccon1. The number of likely N-dealkylation sites (N-methyl/N-ethyl adjacent to an activating group) is 1. The maximum Gasteiger partial charge on any atom is 0.124 e. The molecule has 0 aliphatic rings. The van der Waals surface area contributed by atoms with Gasteiger partial charge in [0.2, 0.25) is 0 Å². The molecule has 1 N–H and O–H groups in total. The van der Waals surface area contributed by atoms with Gasteiger partial charge in [0.05, 0.1) is 5.69 Å². The molecule has 0 unspecified atom stereocenters. The van der Waals surface area contributed by atoms with Crippen LogP contribution in [0.25, 0.3) is 0 Å². The maximum atomic E-state index is 4.77. The molecule has 0 amide bonds. The van der Waals surface area contributed by atoms with Crippen LogP contribution in [0.2, 0.25) is 0 Å². The summed E-state index contributed by atoms with van der Waals surface area (Å²) in [5, 5.41) is 7.23. The fraction of sp³-hybridized carbons (Fsp3) is 0.700. The summed E-state index contributed by atoms with van der Waals surface area (Å²) in [5.74, 6) is 0. The Labute approximate surface area is 85.3 Å². The van der Waals surface area contributed by atoms with Gasteiger partial charge in [0.25, 0.3) is 0 Å². The van der Waals surface area contributed by atoms with E-state index in [-0.39, 0.29) is 0 Å². The molecule has 0 bridgehead atoms. The molecule has 0 aliphatic carbocycles. The smallest absolute Gasteiger partial charge is 0.124 e. The van der Waals surface area contributed by atoms with E-state index in [2.05, 4.69) is 36.3 Å². The monoisotopic (exact) mass is 197 g/mol. The molecular formula is C10H19N3O. The molecule has 80 valence electrons. The molecule has 1 rings (SSSR count). The van der Waals surface area contributed by atoms with Crippen molar-refractivity contribution < 1.29 is 4.52 Å². The largest absolute Gasteiger partial charge is 0.364 e. The van der Waals surface area contributed by atoms with Gasteiger partial charge in [-0.2, -0.15) is 0 Å². The molecule has 0 spiro atoms. The third-order valence-electron chi connectivity index (χ3n) is 1.97. The Balaban J connectivity index is 2.13. The molecule has 0 fully saturated rings. The van der Waals surface area contributed by atoms with Crippen LogP contribution in [0.1, 0.15) is 19.5 Å². The Morgan fingerprint density at radius 1 is 1.57 bits per heavy atom. The summed E-state index contributed by atoms with van der Waals surface area (Å²) >= 11 is 0. The highest BCUT2D eigenvalue weighted by Crippen LogP contribution is 1.98. The third kappa shape index (κ3) is 4.39. The van der Waals surface area contributed by atoms with Gasteiger partial charge in [-0.05, 0) is 7.05 Å². The molecule has 0 radical (unpaired) electrons. The van der Waals surface area contributed by atoms with Crippen molar-refractivity contribution in [2.45, 2.75) is 26.4 Å². The first-order valence-electron chi connectivity index (χ1n) is 4.99. The molecule has 0 aliphatic heterocycles. The highest BCUT2D eigenvalue weighted by molar-refractivity contribution is 4.94. The molecule has 14 heavy (non-hydrogen) atoms. The number of nitrogens with zero attached hydrogens (tertiary/aromatic N) is 2. The fourth-order valence-corrected chi connectivity index (χ4v) is 1.22. The summed E-state index contributed by atoms with van der Waals surface area (Å²) in [4.78, 5) is 2.22. The van der Waals surface area contributed by atoms with Crippen molar-refractivity contribution in [3.63, 3.8) is 0 Å². The fourth-order valence-electron chi connectivity index (χ4n) is 1.22. The maximum absolute atomic E-state index is 4.77. The first kappa shape index (κ1) is 11.2. The van der Waals surface area contributed by atoms with Crippen molar-refractivity contribution in [3.05, 3.63) is 18.0 Å². The topological polar surface area (TPSA) is 41.3 Å². The van der Waals surface area contributed by atoms with Crippen LogP contribution in [0.5, 0.6) is 0 Å². The Kier molecular flexibility index (Phi) is 4.62. The lowest BCUT2D eigenvalue weighted by Gasteiger charge is -2.16. The van der Waals surface area contributed by atoms with Gasteiger partial charge in [-0.15, -0.1) is 0 Å². The van der Waals surface area contributed by atoms with Crippen molar-refractivity contribution in [3.8, 4) is 0 Å². The van der Waals surface area contributed by atoms with Crippen LogP contribution in [0, 0.1) is 0 Å². The van der Waals surface area contributed by atoms with E-state index >= 15 is 0 Å². The highest BCUT2D eigenvalue weighted by atomic mass is 16.5. The van der Waals surface area contributed by atoms with Crippen molar-refractivity contribution >= 4 is 0 Å². The standard InChI is InChI=1S/C10H19N3O/c1-9(2)11-5-6-13(3)8-10-4-7-14-12-10/h4,7,9,11H,5-6,8H2,1-3H3. The van der Waals surface area contributed by atoms with Crippen LogP contribution in [0.4, 0.5) is 0 Å². The van der Waals surface area contributed by atoms with E-state index < -0.39 is 0 Å². The van der Waals surface area contributed by atoms with E-state index in [1.165, 1.54) is 0 Å². The van der Waals surface area contributed by atoms with Gasteiger partial charge < -0.3 is 9.84 Å². The predicted molar refractivity (Wildman–Crippen MR) is 56.0 cm³/mol. The Bertz CT molecular complexity index is 234. The quantitative estimate of drug-likeness (QED) is 0.741. The molecule has 1 aromatic heterocycles. The van der Waals surface area contributed by atoms with Crippen LogP contribution in [0.3, 0.4) is 0 Å². The second kappa shape index (κ2) is 5.78. The number of hydrogen-bond acceptors (Lipinski definition) is 4. The van der Waals surface area contributed by atoms with Crippen LogP contribution < -0.4 is 5.32 Å². The second-order valence-electron chi connectivity index (χ2n) is 3.84. The minimum atomic E-state index is 0.551. The summed E-state index contributed by atoms with van der Waals surface area (Å²) in [6.07, 6.45) is 1.61. The number of hydrogen-bond donors (Lipinski definition) is 1. The molecule has 0 atom stereocenters. The number of rotatable bonds is 6. The van der Waals surface area contributed by atoms with E-state index in [4.69, 9.17) is 4.52 Å². The summed E-state index contributed by atoms with van der Waals surface area (Å²) in [6, 6.07) is 2.45. The average Bonchev–Trinajstić information content (AvgIpc) is 2.56. The summed E-state index contributed by atoms with van der Waals surface area (Å²) < 4.78 is 4.77. The predicted octanol–water partition coefficient (Wildman–Crippen LogP) is 1.10. The highest BCUT2D eigenvalue weighted by Gasteiger charge is 2.02. The van der Waals surface area contributed by atoms with Crippen LogP contribution in [0.15, 0.2) is 16.9 Å².